The summed E-state index contributed by atoms with van der Waals surface area (Å²) in [5, 5.41) is 14.0. The highest BCUT2D eigenvalue weighted by Gasteiger charge is 2.19. The van der Waals surface area contributed by atoms with Crippen LogP contribution in [-0.2, 0) is 4.79 Å². The molecule has 0 unspecified atom stereocenters. The average molecular weight is 209 g/mol. The lowest BCUT2D eigenvalue weighted by molar-refractivity contribution is -0.120. The molecule has 4 heteroatoms. The van der Waals surface area contributed by atoms with Gasteiger partial charge in [0, 0.05) is 6.54 Å². The molecule has 1 saturated carbocycles. The third-order valence-electron chi connectivity index (χ3n) is 2.51. The molecule has 1 aliphatic carbocycles. The molecule has 4 nitrogen and oxygen atoms in total. The molecule has 0 spiro atoms. The van der Waals surface area contributed by atoms with Crippen molar-refractivity contribution < 1.29 is 4.79 Å². The van der Waals surface area contributed by atoms with Gasteiger partial charge in [-0.3, -0.25) is 4.79 Å². The molecular formula is C11H19N3O. The number of carbonyl (C=O) groups is 1. The quantitative estimate of drug-likeness (QED) is 0.581. The highest BCUT2D eigenvalue weighted by molar-refractivity contribution is 5.77. The van der Waals surface area contributed by atoms with Crippen LogP contribution < -0.4 is 10.6 Å². The van der Waals surface area contributed by atoms with E-state index in [1.54, 1.807) is 0 Å². The van der Waals surface area contributed by atoms with Crippen molar-refractivity contribution >= 4 is 5.91 Å². The predicted molar refractivity (Wildman–Crippen MR) is 58.1 cm³/mol. The summed E-state index contributed by atoms with van der Waals surface area (Å²) in [6.45, 7) is 1.75. The van der Waals surface area contributed by atoms with E-state index in [1.807, 2.05) is 6.07 Å². The summed E-state index contributed by atoms with van der Waals surface area (Å²) in [7, 11) is 0. The monoisotopic (exact) mass is 209 g/mol. The molecule has 0 bridgehead atoms. The lowest BCUT2D eigenvalue weighted by atomic mass is 10.2. The summed E-state index contributed by atoms with van der Waals surface area (Å²) in [5.41, 5.74) is 0. The van der Waals surface area contributed by atoms with E-state index in [9.17, 15) is 4.79 Å². The summed E-state index contributed by atoms with van der Waals surface area (Å²) in [6, 6.07) is 1.98. The minimum absolute atomic E-state index is 0.0170. The molecule has 0 aromatic carbocycles. The van der Waals surface area contributed by atoms with Crippen LogP contribution in [0.2, 0.25) is 0 Å². The number of hydrogen-bond acceptors (Lipinski definition) is 3. The summed E-state index contributed by atoms with van der Waals surface area (Å²) >= 11 is 0. The molecule has 0 radical (unpaired) electrons. The van der Waals surface area contributed by atoms with E-state index in [-0.39, 0.29) is 5.91 Å². The van der Waals surface area contributed by atoms with Gasteiger partial charge in [-0.05, 0) is 25.3 Å². The summed E-state index contributed by atoms with van der Waals surface area (Å²) in [6.07, 6.45) is 5.63. The van der Waals surface area contributed by atoms with Gasteiger partial charge in [-0.2, -0.15) is 5.26 Å². The first-order chi connectivity index (χ1) is 7.33. The first-order valence-corrected chi connectivity index (χ1v) is 5.67. The van der Waals surface area contributed by atoms with Crippen molar-refractivity contribution in [1.29, 1.82) is 5.26 Å². The second-order valence-electron chi connectivity index (χ2n) is 4.02. The molecule has 15 heavy (non-hydrogen) atoms. The maximum absolute atomic E-state index is 11.1. The van der Waals surface area contributed by atoms with Gasteiger partial charge >= 0.3 is 0 Å². The Balaban J connectivity index is 1.81. The maximum atomic E-state index is 11.1. The fourth-order valence-electron chi connectivity index (χ4n) is 1.44. The van der Waals surface area contributed by atoms with E-state index in [1.165, 1.54) is 19.3 Å². The molecule has 0 aromatic rings. The minimum atomic E-state index is -0.0170. The third-order valence-corrected chi connectivity index (χ3v) is 2.51. The van der Waals surface area contributed by atoms with Gasteiger partial charge in [0.05, 0.1) is 19.0 Å². The van der Waals surface area contributed by atoms with E-state index >= 15 is 0 Å². The van der Waals surface area contributed by atoms with E-state index < -0.39 is 0 Å². The molecule has 1 amide bonds. The zero-order valence-electron chi connectivity index (χ0n) is 9.09. The number of nitrogens with one attached hydrogen (secondary N) is 2. The third kappa shape index (κ3) is 6.92. The largest absolute Gasteiger partial charge is 0.354 e. The Morgan fingerprint density at radius 3 is 2.87 bits per heavy atom. The van der Waals surface area contributed by atoms with Gasteiger partial charge < -0.3 is 10.6 Å². The molecule has 0 aliphatic heterocycles. The van der Waals surface area contributed by atoms with Gasteiger partial charge in [0.2, 0.25) is 5.91 Å². The Morgan fingerprint density at radius 2 is 2.20 bits per heavy atom. The highest BCUT2D eigenvalue weighted by Crippen LogP contribution is 2.33. The Kier molecular flexibility index (Phi) is 5.79. The zero-order valence-corrected chi connectivity index (χ0v) is 9.09. The van der Waals surface area contributed by atoms with Crippen molar-refractivity contribution in [3.05, 3.63) is 0 Å². The lowest BCUT2D eigenvalue weighted by Gasteiger charge is -2.04. The standard InChI is InChI=1S/C11H19N3O/c12-6-2-8-14-11(15)9-13-7-1-3-10-4-5-10/h10,13H,1-5,7-9H2,(H,14,15). The Morgan fingerprint density at radius 1 is 1.40 bits per heavy atom. The SMILES string of the molecule is N#CCCNC(=O)CNCCCC1CC1. The van der Waals surface area contributed by atoms with Crippen molar-refractivity contribution in [2.24, 2.45) is 5.92 Å². The van der Waals surface area contributed by atoms with Gasteiger partial charge in [-0.25, -0.2) is 0 Å². The molecule has 2 N–H and O–H groups in total. The van der Waals surface area contributed by atoms with Gasteiger partial charge in [0.1, 0.15) is 0 Å². The number of amides is 1. The number of hydrogen-bond donors (Lipinski definition) is 2. The fourth-order valence-corrected chi connectivity index (χ4v) is 1.44. The first kappa shape index (κ1) is 12.0. The summed E-state index contributed by atoms with van der Waals surface area (Å²) in [4.78, 5) is 11.1. The van der Waals surface area contributed by atoms with Crippen LogP contribution in [0, 0.1) is 17.2 Å². The molecule has 1 fully saturated rings. The number of nitrogens with zero attached hydrogens (tertiary/aromatic N) is 1. The van der Waals surface area contributed by atoms with Crippen LogP contribution in [0.5, 0.6) is 0 Å². The Hall–Kier alpha value is -1.08. The maximum Gasteiger partial charge on any atom is 0.233 e. The molecule has 0 saturated heterocycles. The fraction of sp³-hybridized carbons (Fsp3) is 0.818. The molecular weight excluding hydrogens is 190 g/mol. The van der Waals surface area contributed by atoms with Crippen molar-refractivity contribution in [3.8, 4) is 6.07 Å². The molecule has 0 atom stereocenters. The molecule has 0 heterocycles. The minimum Gasteiger partial charge on any atom is -0.354 e. The van der Waals surface area contributed by atoms with Crippen molar-refractivity contribution in [3.63, 3.8) is 0 Å². The summed E-state index contributed by atoms with van der Waals surface area (Å²) in [5.74, 6) is 0.952. The molecule has 0 aromatic heterocycles. The van der Waals surface area contributed by atoms with Crippen LogP contribution in [0.15, 0.2) is 0 Å². The van der Waals surface area contributed by atoms with E-state index in [2.05, 4.69) is 10.6 Å². The van der Waals surface area contributed by atoms with Crippen LogP contribution in [-0.4, -0.2) is 25.5 Å². The van der Waals surface area contributed by atoms with Gasteiger partial charge in [-0.1, -0.05) is 12.8 Å². The van der Waals surface area contributed by atoms with Gasteiger partial charge in [0.25, 0.3) is 0 Å². The zero-order chi connectivity index (χ0) is 10.9. The molecule has 1 aliphatic rings. The van der Waals surface area contributed by atoms with E-state index in [0.717, 1.165) is 18.9 Å². The van der Waals surface area contributed by atoms with Gasteiger partial charge in [0.15, 0.2) is 0 Å². The van der Waals surface area contributed by atoms with Crippen molar-refractivity contribution in [1.82, 2.24) is 10.6 Å². The predicted octanol–water partition coefficient (Wildman–Crippen LogP) is 0.796. The summed E-state index contributed by atoms with van der Waals surface area (Å²) < 4.78 is 0. The number of nitriles is 1. The highest BCUT2D eigenvalue weighted by atomic mass is 16.1. The van der Waals surface area contributed by atoms with Crippen LogP contribution in [0.1, 0.15) is 32.1 Å². The number of carbonyl (C=O) groups excluding carboxylic acids is 1. The normalized spacial score (nSPS) is 14.6. The van der Waals surface area contributed by atoms with Crippen LogP contribution >= 0.6 is 0 Å². The van der Waals surface area contributed by atoms with Crippen LogP contribution in [0.3, 0.4) is 0 Å². The molecule has 84 valence electrons. The van der Waals surface area contributed by atoms with Crippen LogP contribution in [0.4, 0.5) is 0 Å². The smallest absolute Gasteiger partial charge is 0.233 e. The molecule has 1 rings (SSSR count). The average Bonchev–Trinajstić information content (AvgIpc) is 3.02. The van der Waals surface area contributed by atoms with Crippen molar-refractivity contribution in [2.45, 2.75) is 32.1 Å². The van der Waals surface area contributed by atoms with E-state index in [4.69, 9.17) is 5.26 Å². The van der Waals surface area contributed by atoms with E-state index in [0.29, 0.717) is 19.5 Å². The van der Waals surface area contributed by atoms with Gasteiger partial charge in [-0.15, -0.1) is 0 Å². The lowest BCUT2D eigenvalue weighted by Crippen LogP contribution is -2.34. The Labute approximate surface area is 91.0 Å². The first-order valence-electron chi connectivity index (χ1n) is 5.67. The Bertz CT molecular complexity index is 230. The second kappa shape index (κ2) is 7.24. The second-order valence-corrected chi connectivity index (χ2v) is 4.02. The van der Waals surface area contributed by atoms with Crippen molar-refractivity contribution in [2.75, 3.05) is 19.6 Å². The van der Waals surface area contributed by atoms with Crippen LogP contribution in [0.25, 0.3) is 0 Å². The number of rotatable bonds is 8. The topological polar surface area (TPSA) is 64.9 Å².